The van der Waals surface area contributed by atoms with Crippen LogP contribution in [0.1, 0.15) is 30.5 Å². The number of hydrogen-bond donors (Lipinski definition) is 0. The lowest BCUT2D eigenvalue weighted by Gasteiger charge is -2.35. The lowest BCUT2D eigenvalue weighted by molar-refractivity contribution is 0.607. The summed E-state index contributed by atoms with van der Waals surface area (Å²) in [5.74, 6) is 1.92. The van der Waals surface area contributed by atoms with E-state index < -0.39 is 0 Å². The fraction of sp³-hybridized carbons (Fsp3) is 0.0732. The van der Waals surface area contributed by atoms with Crippen molar-refractivity contribution in [2.75, 3.05) is 0 Å². The maximum absolute atomic E-state index is 9.53. The number of rotatable bonds is 4. The van der Waals surface area contributed by atoms with Crippen molar-refractivity contribution in [3.63, 3.8) is 0 Å². The molecule has 0 unspecified atom stereocenters. The molecule has 8 rings (SSSR count). The summed E-state index contributed by atoms with van der Waals surface area (Å²) in [5.41, 5.74) is 7.93. The molecule has 0 saturated carbocycles. The molecule has 0 N–H and O–H groups in total. The quantitative estimate of drug-likeness (QED) is 0.199. The van der Waals surface area contributed by atoms with Gasteiger partial charge in [-0.05, 0) is 57.3 Å². The predicted octanol–water partition coefficient (Wildman–Crippen LogP) is 10.4. The summed E-state index contributed by atoms with van der Waals surface area (Å²) in [6.07, 6.45) is 0. The van der Waals surface area contributed by atoms with Gasteiger partial charge in [0, 0.05) is 31.9 Å². The van der Waals surface area contributed by atoms with Crippen LogP contribution in [0.2, 0.25) is 0 Å². The minimum Gasteiger partial charge on any atom is -0.208 e. The Morgan fingerprint density at radius 1 is 0.543 bits per heavy atom. The van der Waals surface area contributed by atoms with Crippen molar-refractivity contribution in [1.29, 1.82) is 5.26 Å². The van der Waals surface area contributed by atoms with E-state index in [2.05, 4.69) is 105 Å². The average Bonchev–Trinajstić information content (AvgIpc) is 3.11. The summed E-state index contributed by atoms with van der Waals surface area (Å²) in [7, 11) is 0. The number of fused-ring (bicyclic) bond motifs is 3. The van der Waals surface area contributed by atoms with E-state index >= 15 is 0 Å². The first-order valence-corrected chi connectivity index (χ1v) is 16.1. The summed E-state index contributed by atoms with van der Waals surface area (Å²) in [6, 6.07) is 48.1. The summed E-state index contributed by atoms with van der Waals surface area (Å²) >= 11 is 1.76. The summed E-state index contributed by atoms with van der Waals surface area (Å²) < 4.78 is 0. The molecule has 46 heavy (non-hydrogen) atoms. The van der Waals surface area contributed by atoms with Gasteiger partial charge in [-0.25, -0.2) is 15.0 Å². The number of hydrogen-bond acceptors (Lipinski definition) is 5. The molecule has 218 valence electrons. The van der Waals surface area contributed by atoms with E-state index in [9.17, 15) is 5.26 Å². The van der Waals surface area contributed by atoms with Crippen LogP contribution in [0.25, 0.3) is 56.1 Å². The Labute approximate surface area is 272 Å². The molecule has 1 aromatic heterocycles. The van der Waals surface area contributed by atoms with E-state index in [4.69, 9.17) is 15.0 Å². The minimum atomic E-state index is -0.229. The second-order valence-corrected chi connectivity index (χ2v) is 13.1. The molecule has 0 amide bonds. The van der Waals surface area contributed by atoms with E-state index in [-0.39, 0.29) is 5.41 Å². The Bertz CT molecular complexity index is 2330. The van der Waals surface area contributed by atoms with E-state index in [0.717, 1.165) is 38.6 Å². The van der Waals surface area contributed by atoms with Gasteiger partial charge in [-0.2, -0.15) is 5.26 Å². The Morgan fingerprint density at radius 3 is 2.04 bits per heavy atom. The molecular weight excluding hydrogens is 581 g/mol. The smallest absolute Gasteiger partial charge is 0.164 e. The fourth-order valence-corrected chi connectivity index (χ4v) is 7.83. The van der Waals surface area contributed by atoms with Crippen molar-refractivity contribution in [3.8, 4) is 51.4 Å². The number of nitrogens with zero attached hydrogens (tertiary/aromatic N) is 4. The Balaban J connectivity index is 1.29. The van der Waals surface area contributed by atoms with Crippen molar-refractivity contribution >= 4 is 22.5 Å². The van der Waals surface area contributed by atoms with Crippen LogP contribution in [-0.4, -0.2) is 15.0 Å². The monoisotopic (exact) mass is 608 g/mol. The van der Waals surface area contributed by atoms with E-state index in [0.29, 0.717) is 23.0 Å². The van der Waals surface area contributed by atoms with E-state index in [1.165, 1.54) is 20.9 Å². The first-order valence-electron chi connectivity index (χ1n) is 15.3. The van der Waals surface area contributed by atoms with Crippen molar-refractivity contribution in [1.82, 2.24) is 15.0 Å². The maximum Gasteiger partial charge on any atom is 0.164 e. The SMILES string of the molecule is CC1(C)c2ccc(-c3ccccc3-c3nc(-c4ccccc4)nc(-c4cccc5ccccc45)n3)cc2Sc2ccc(C#N)cc21. The highest BCUT2D eigenvalue weighted by Crippen LogP contribution is 2.50. The van der Waals surface area contributed by atoms with Crippen LogP contribution in [0.4, 0.5) is 0 Å². The van der Waals surface area contributed by atoms with Gasteiger partial charge in [0.15, 0.2) is 17.5 Å². The minimum absolute atomic E-state index is 0.229. The molecule has 0 atom stereocenters. The van der Waals surface area contributed by atoms with Crippen LogP contribution in [-0.2, 0) is 5.41 Å². The van der Waals surface area contributed by atoms with Crippen LogP contribution in [0.15, 0.2) is 143 Å². The average molecular weight is 609 g/mol. The van der Waals surface area contributed by atoms with Crippen LogP contribution < -0.4 is 0 Å². The molecule has 0 aliphatic carbocycles. The second-order valence-electron chi connectivity index (χ2n) is 12.0. The van der Waals surface area contributed by atoms with E-state index in [1.54, 1.807) is 11.8 Å². The second kappa shape index (κ2) is 11.1. The molecule has 4 nitrogen and oxygen atoms in total. The molecule has 6 aromatic carbocycles. The predicted molar refractivity (Wildman–Crippen MR) is 186 cm³/mol. The molecule has 2 heterocycles. The van der Waals surface area contributed by atoms with Crippen LogP contribution in [0.5, 0.6) is 0 Å². The topological polar surface area (TPSA) is 62.5 Å². The maximum atomic E-state index is 9.53. The zero-order valence-electron chi connectivity index (χ0n) is 25.4. The highest BCUT2D eigenvalue weighted by Gasteiger charge is 2.33. The van der Waals surface area contributed by atoms with E-state index in [1.807, 2.05) is 48.5 Å². The van der Waals surface area contributed by atoms with Gasteiger partial charge >= 0.3 is 0 Å². The Hall–Kier alpha value is -5.57. The van der Waals surface area contributed by atoms with Gasteiger partial charge in [0.25, 0.3) is 0 Å². The lowest BCUT2D eigenvalue weighted by Crippen LogP contribution is -2.23. The Morgan fingerprint density at radius 2 is 1.22 bits per heavy atom. The third-order valence-electron chi connectivity index (χ3n) is 8.83. The largest absolute Gasteiger partial charge is 0.208 e. The molecular formula is C41H28N4S. The zero-order valence-corrected chi connectivity index (χ0v) is 26.2. The molecule has 0 fully saturated rings. The highest BCUT2D eigenvalue weighted by atomic mass is 32.2. The van der Waals surface area contributed by atoms with Crippen molar-refractivity contribution in [2.45, 2.75) is 29.1 Å². The fourth-order valence-electron chi connectivity index (χ4n) is 6.41. The number of nitriles is 1. The van der Waals surface area contributed by atoms with Crippen molar-refractivity contribution < 1.29 is 0 Å². The van der Waals surface area contributed by atoms with Gasteiger partial charge in [-0.1, -0.05) is 135 Å². The molecule has 0 spiro atoms. The first-order chi connectivity index (χ1) is 22.5. The van der Waals surface area contributed by atoms with Gasteiger partial charge < -0.3 is 0 Å². The van der Waals surface area contributed by atoms with Crippen LogP contribution in [0.3, 0.4) is 0 Å². The normalized spacial score (nSPS) is 13.1. The standard InChI is InChI=1S/C41H28N4S/c1-41(2)34-21-20-29(24-37(34)46-36-22-19-26(25-42)23-35(36)41)31-16-8-9-17-32(31)39-43-38(28-12-4-3-5-13-28)44-40(45-39)33-18-10-14-27-11-6-7-15-30(27)33/h3-24H,1-2H3. The number of aromatic nitrogens is 3. The molecule has 7 aromatic rings. The molecule has 1 aliphatic rings. The zero-order chi connectivity index (χ0) is 31.3. The highest BCUT2D eigenvalue weighted by molar-refractivity contribution is 7.99. The Kier molecular flexibility index (Phi) is 6.74. The van der Waals surface area contributed by atoms with Gasteiger partial charge in [-0.15, -0.1) is 0 Å². The molecule has 1 aliphatic heterocycles. The van der Waals surface area contributed by atoms with Crippen LogP contribution >= 0.6 is 11.8 Å². The molecule has 0 radical (unpaired) electrons. The first kappa shape index (κ1) is 27.9. The number of benzene rings is 6. The van der Waals surface area contributed by atoms with Crippen molar-refractivity contribution in [3.05, 3.63) is 150 Å². The lowest BCUT2D eigenvalue weighted by atomic mass is 9.76. The van der Waals surface area contributed by atoms with Gasteiger partial charge in [0.2, 0.25) is 0 Å². The van der Waals surface area contributed by atoms with Gasteiger partial charge in [-0.3, -0.25) is 0 Å². The van der Waals surface area contributed by atoms with Gasteiger partial charge in [0.05, 0.1) is 11.6 Å². The molecule has 5 heteroatoms. The molecule has 0 bridgehead atoms. The summed E-state index contributed by atoms with van der Waals surface area (Å²) in [4.78, 5) is 17.6. The van der Waals surface area contributed by atoms with Crippen molar-refractivity contribution in [2.24, 2.45) is 0 Å². The summed E-state index contributed by atoms with van der Waals surface area (Å²) in [6.45, 7) is 4.48. The third kappa shape index (κ3) is 4.75. The van der Waals surface area contributed by atoms with Crippen LogP contribution in [0, 0.1) is 11.3 Å². The molecule has 0 saturated heterocycles. The summed E-state index contributed by atoms with van der Waals surface area (Å²) in [5, 5.41) is 11.8. The third-order valence-corrected chi connectivity index (χ3v) is 9.97. The van der Waals surface area contributed by atoms with Gasteiger partial charge in [0.1, 0.15) is 0 Å².